The lowest BCUT2D eigenvalue weighted by molar-refractivity contribution is 0.306. The Morgan fingerprint density at radius 1 is 0.935 bits per heavy atom. The van der Waals surface area contributed by atoms with Gasteiger partial charge in [0.15, 0.2) is 0 Å². The number of hydrogen-bond donors (Lipinski definition) is 1. The van der Waals surface area contributed by atoms with E-state index in [2.05, 4.69) is 66.2 Å². The van der Waals surface area contributed by atoms with Crippen LogP contribution in [0.25, 0.3) is 11.0 Å². The third kappa shape index (κ3) is 5.46. The van der Waals surface area contributed by atoms with Crippen LogP contribution in [0.1, 0.15) is 36.7 Å². The van der Waals surface area contributed by atoms with Crippen molar-refractivity contribution in [1.29, 1.82) is 0 Å². The van der Waals surface area contributed by atoms with Crippen LogP contribution >= 0.6 is 0 Å². The molecule has 0 fully saturated rings. The number of benzene rings is 3. The van der Waals surface area contributed by atoms with Crippen molar-refractivity contribution in [2.45, 2.75) is 46.3 Å². The summed E-state index contributed by atoms with van der Waals surface area (Å²) in [7, 11) is 0. The number of ether oxygens (including phenoxy) is 1. The summed E-state index contributed by atoms with van der Waals surface area (Å²) in [5.74, 6) is 2.07. The summed E-state index contributed by atoms with van der Waals surface area (Å²) in [4.78, 5) is 4.80. The minimum absolute atomic E-state index is 0.586. The van der Waals surface area contributed by atoms with E-state index in [1.165, 1.54) is 22.5 Å². The van der Waals surface area contributed by atoms with Crippen molar-refractivity contribution in [2.75, 3.05) is 11.9 Å². The maximum atomic E-state index is 5.93. The summed E-state index contributed by atoms with van der Waals surface area (Å²) in [5.41, 5.74) is 5.92. The standard InChI is InChI=1S/C27H31N3O/c1-3-27-29-25-15-14-21(2)18-26(25)30(27)17-8-7-16-28-23-12-9-13-24(19-23)31-20-22-10-5-4-6-11-22/h4-6,9-15,18-19,28H,3,7-8,16-17,20H2,1-2H3. The van der Waals surface area contributed by atoms with Gasteiger partial charge in [0.25, 0.3) is 0 Å². The molecule has 0 saturated carbocycles. The van der Waals surface area contributed by atoms with E-state index in [1.807, 2.05) is 30.3 Å². The number of aromatic nitrogens is 2. The van der Waals surface area contributed by atoms with Gasteiger partial charge in [0.1, 0.15) is 18.2 Å². The van der Waals surface area contributed by atoms with Gasteiger partial charge in [-0.25, -0.2) is 4.98 Å². The Morgan fingerprint density at radius 2 is 1.81 bits per heavy atom. The first-order valence-electron chi connectivity index (χ1n) is 11.2. The quantitative estimate of drug-likeness (QED) is 0.307. The number of aryl methyl sites for hydroxylation is 3. The summed E-state index contributed by atoms with van der Waals surface area (Å²) in [6.07, 6.45) is 3.18. The number of unbranched alkanes of at least 4 members (excludes halogenated alkanes) is 1. The maximum Gasteiger partial charge on any atom is 0.121 e. The third-order valence-corrected chi connectivity index (χ3v) is 5.52. The van der Waals surface area contributed by atoms with Crippen LogP contribution in [0, 0.1) is 6.92 Å². The minimum Gasteiger partial charge on any atom is -0.489 e. The molecule has 0 saturated heterocycles. The van der Waals surface area contributed by atoms with Crippen molar-refractivity contribution in [3.8, 4) is 5.75 Å². The predicted octanol–water partition coefficient (Wildman–Crippen LogP) is 6.38. The lowest BCUT2D eigenvalue weighted by Gasteiger charge is -2.11. The molecule has 0 spiro atoms. The molecule has 3 aromatic carbocycles. The van der Waals surface area contributed by atoms with E-state index in [9.17, 15) is 0 Å². The lowest BCUT2D eigenvalue weighted by Crippen LogP contribution is -2.07. The molecule has 0 radical (unpaired) electrons. The second-order valence-corrected chi connectivity index (χ2v) is 7.96. The monoisotopic (exact) mass is 413 g/mol. The van der Waals surface area contributed by atoms with Gasteiger partial charge in [-0.2, -0.15) is 0 Å². The second-order valence-electron chi connectivity index (χ2n) is 7.96. The number of nitrogens with zero attached hydrogens (tertiary/aromatic N) is 2. The molecule has 31 heavy (non-hydrogen) atoms. The zero-order valence-corrected chi connectivity index (χ0v) is 18.5. The molecule has 1 N–H and O–H groups in total. The number of hydrogen-bond acceptors (Lipinski definition) is 3. The van der Waals surface area contributed by atoms with Gasteiger partial charge >= 0.3 is 0 Å². The Labute approximate surface area is 184 Å². The fraction of sp³-hybridized carbons (Fsp3) is 0.296. The molecule has 0 amide bonds. The van der Waals surface area contributed by atoms with Gasteiger partial charge < -0.3 is 14.6 Å². The zero-order valence-electron chi connectivity index (χ0n) is 18.5. The van der Waals surface area contributed by atoms with E-state index in [0.717, 1.165) is 49.3 Å². The number of imidazole rings is 1. The molecular weight excluding hydrogens is 382 g/mol. The van der Waals surface area contributed by atoms with Crippen LogP contribution in [-0.4, -0.2) is 16.1 Å². The SMILES string of the molecule is CCc1nc2ccc(C)cc2n1CCCCNc1cccc(OCc2ccccc2)c1. The third-order valence-electron chi connectivity index (χ3n) is 5.52. The van der Waals surface area contributed by atoms with Crippen LogP contribution in [0.15, 0.2) is 72.8 Å². The molecule has 0 bridgehead atoms. The first kappa shape index (κ1) is 21.0. The average molecular weight is 414 g/mol. The van der Waals surface area contributed by atoms with E-state index >= 15 is 0 Å². The highest BCUT2D eigenvalue weighted by Crippen LogP contribution is 2.20. The van der Waals surface area contributed by atoms with Crippen LogP contribution in [0.3, 0.4) is 0 Å². The van der Waals surface area contributed by atoms with Gasteiger partial charge in [0.2, 0.25) is 0 Å². The van der Waals surface area contributed by atoms with E-state index < -0.39 is 0 Å². The van der Waals surface area contributed by atoms with Crippen molar-refractivity contribution in [3.05, 3.63) is 89.7 Å². The van der Waals surface area contributed by atoms with Crippen LogP contribution in [0.2, 0.25) is 0 Å². The summed E-state index contributed by atoms with van der Waals surface area (Å²) in [5, 5.41) is 3.53. The van der Waals surface area contributed by atoms with Crippen molar-refractivity contribution >= 4 is 16.7 Å². The van der Waals surface area contributed by atoms with Gasteiger partial charge in [-0.05, 0) is 55.2 Å². The molecule has 4 rings (SSSR count). The number of nitrogens with one attached hydrogen (secondary N) is 1. The van der Waals surface area contributed by atoms with Crippen LogP contribution < -0.4 is 10.1 Å². The molecular formula is C27H31N3O. The Morgan fingerprint density at radius 3 is 2.65 bits per heavy atom. The first-order valence-corrected chi connectivity index (χ1v) is 11.2. The molecule has 160 valence electrons. The molecule has 4 aromatic rings. The van der Waals surface area contributed by atoms with Crippen LogP contribution in [0.4, 0.5) is 5.69 Å². The predicted molar refractivity (Wildman–Crippen MR) is 129 cm³/mol. The molecule has 0 aliphatic heterocycles. The fourth-order valence-corrected chi connectivity index (χ4v) is 3.87. The highest BCUT2D eigenvalue weighted by molar-refractivity contribution is 5.76. The topological polar surface area (TPSA) is 39.1 Å². The highest BCUT2D eigenvalue weighted by Gasteiger charge is 2.09. The van der Waals surface area contributed by atoms with E-state index in [-0.39, 0.29) is 0 Å². The number of anilines is 1. The zero-order chi connectivity index (χ0) is 21.5. The van der Waals surface area contributed by atoms with Gasteiger partial charge in [-0.3, -0.25) is 0 Å². The Balaban J connectivity index is 1.27. The average Bonchev–Trinajstić information content (AvgIpc) is 3.15. The van der Waals surface area contributed by atoms with Gasteiger partial charge in [0.05, 0.1) is 11.0 Å². The van der Waals surface area contributed by atoms with E-state index in [0.29, 0.717) is 6.61 Å². The summed E-state index contributed by atoms with van der Waals surface area (Å²) >= 11 is 0. The summed E-state index contributed by atoms with van der Waals surface area (Å²) in [6, 6.07) is 25.0. The van der Waals surface area contributed by atoms with Gasteiger partial charge in [-0.1, -0.05) is 49.4 Å². The molecule has 0 unspecified atom stereocenters. The van der Waals surface area contributed by atoms with Crippen LogP contribution in [0.5, 0.6) is 5.75 Å². The molecule has 0 aliphatic carbocycles. The smallest absolute Gasteiger partial charge is 0.121 e. The van der Waals surface area contributed by atoms with Gasteiger partial charge in [0, 0.05) is 31.3 Å². The van der Waals surface area contributed by atoms with Gasteiger partial charge in [-0.15, -0.1) is 0 Å². The minimum atomic E-state index is 0.586. The Hall–Kier alpha value is -3.27. The molecule has 0 aliphatic rings. The van der Waals surface area contributed by atoms with Crippen molar-refractivity contribution in [1.82, 2.24) is 9.55 Å². The fourth-order valence-electron chi connectivity index (χ4n) is 3.87. The second kappa shape index (κ2) is 10.2. The molecule has 1 heterocycles. The largest absolute Gasteiger partial charge is 0.489 e. The summed E-state index contributed by atoms with van der Waals surface area (Å²) in [6.45, 7) is 6.85. The van der Waals surface area contributed by atoms with Crippen LogP contribution in [-0.2, 0) is 19.6 Å². The molecule has 1 aromatic heterocycles. The normalized spacial score (nSPS) is 11.0. The molecule has 0 atom stereocenters. The molecule has 4 nitrogen and oxygen atoms in total. The van der Waals surface area contributed by atoms with Crippen molar-refractivity contribution in [2.24, 2.45) is 0 Å². The first-order chi connectivity index (χ1) is 15.2. The maximum absolute atomic E-state index is 5.93. The highest BCUT2D eigenvalue weighted by atomic mass is 16.5. The number of rotatable bonds is 10. The van der Waals surface area contributed by atoms with Crippen molar-refractivity contribution < 1.29 is 4.74 Å². The Bertz CT molecular complexity index is 1120. The number of fused-ring (bicyclic) bond motifs is 1. The van der Waals surface area contributed by atoms with E-state index in [4.69, 9.17) is 9.72 Å². The Kier molecular flexibility index (Phi) is 6.88. The molecule has 4 heteroatoms. The van der Waals surface area contributed by atoms with Crippen molar-refractivity contribution in [3.63, 3.8) is 0 Å². The van der Waals surface area contributed by atoms with E-state index in [1.54, 1.807) is 0 Å². The lowest BCUT2D eigenvalue weighted by atomic mass is 10.2. The summed E-state index contributed by atoms with van der Waals surface area (Å²) < 4.78 is 8.32.